The third-order valence-electron chi connectivity index (χ3n) is 1.73. The van der Waals surface area contributed by atoms with Crippen molar-refractivity contribution in [3.05, 3.63) is 23.7 Å². The van der Waals surface area contributed by atoms with Gasteiger partial charge in [-0.05, 0) is 25.5 Å². The molecule has 0 saturated carbocycles. The minimum Gasteiger partial charge on any atom is -0.200 e. The van der Waals surface area contributed by atoms with E-state index in [2.05, 4.69) is 15.3 Å². The second-order valence-electron chi connectivity index (χ2n) is 2.55. The van der Waals surface area contributed by atoms with Crippen LogP contribution in [0.5, 0.6) is 0 Å². The predicted octanol–water partition coefficient (Wildman–Crippen LogP) is 1.77. The fraction of sp³-hybridized carbons (Fsp3) is 0.444. The molecule has 0 aliphatic heterocycles. The van der Waals surface area contributed by atoms with Crippen LogP contribution in [0, 0.1) is 13.8 Å². The van der Waals surface area contributed by atoms with Gasteiger partial charge in [-0.1, -0.05) is 13.8 Å². The smallest absolute Gasteiger partial charge is 0.177 e. The van der Waals surface area contributed by atoms with Crippen molar-refractivity contribution in [2.75, 3.05) is 0 Å². The highest BCUT2D eigenvalue weighted by molar-refractivity contribution is 5.38. The molecule has 0 N–H and O–H groups in total. The van der Waals surface area contributed by atoms with Crippen molar-refractivity contribution in [2.45, 2.75) is 27.7 Å². The molecule has 0 aliphatic rings. The van der Waals surface area contributed by atoms with Crippen LogP contribution < -0.4 is 0 Å². The van der Waals surface area contributed by atoms with Gasteiger partial charge in [-0.2, -0.15) is 5.10 Å². The molecule has 0 atom stereocenters. The Labute approximate surface area is 77.6 Å². The largest absolute Gasteiger partial charge is 0.200 e. The highest BCUT2D eigenvalue weighted by Gasteiger charge is 1.98. The van der Waals surface area contributed by atoms with E-state index in [9.17, 15) is 0 Å². The number of aryl methyl sites for hydroxylation is 2. The summed E-state index contributed by atoms with van der Waals surface area (Å²) in [7, 11) is 0. The lowest BCUT2D eigenvalue weighted by atomic mass is 10.2. The Morgan fingerprint density at radius 1 is 1.23 bits per heavy atom. The third kappa shape index (κ3) is 1.83. The van der Waals surface area contributed by atoms with Crippen LogP contribution in [-0.4, -0.2) is 19.8 Å². The van der Waals surface area contributed by atoms with Crippen molar-refractivity contribution in [2.24, 2.45) is 0 Å². The Balaban J connectivity index is 0.000000396. The lowest BCUT2D eigenvalue weighted by Crippen LogP contribution is -1.95. The summed E-state index contributed by atoms with van der Waals surface area (Å²) in [6.45, 7) is 7.98. The van der Waals surface area contributed by atoms with Gasteiger partial charge >= 0.3 is 0 Å². The number of nitrogens with zero attached hydrogens (tertiary/aromatic N) is 4. The van der Waals surface area contributed by atoms with Gasteiger partial charge in [0.2, 0.25) is 0 Å². The SMILES string of the molecule is CC.Cc1cc2nncn2nc1C. The van der Waals surface area contributed by atoms with Crippen LogP contribution in [0.25, 0.3) is 5.65 Å². The topological polar surface area (TPSA) is 43.1 Å². The van der Waals surface area contributed by atoms with E-state index in [-0.39, 0.29) is 0 Å². The zero-order chi connectivity index (χ0) is 9.84. The summed E-state index contributed by atoms with van der Waals surface area (Å²) in [5.41, 5.74) is 2.95. The van der Waals surface area contributed by atoms with Crippen molar-refractivity contribution in [1.29, 1.82) is 0 Å². The standard InChI is InChI=1S/C7H8N4.C2H6/c1-5-3-7-9-8-4-11(7)10-6(5)2;1-2/h3-4H,1-2H3;1-2H3. The van der Waals surface area contributed by atoms with Crippen molar-refractivity contribution in [3.63, 3.8) is 0 Å². The molecule has 0 saturated heterocycles. The first-order valence-electron chi connectivity index (χ1n) is 4.41. The van der Waals surface area contributed by atoms with Crippen LogP contribution in [0.2, 0.25) is 0 Å². The zero-order valence-corrected chi connectivity index (χ0v) is 8.44. The van der Waals surface area contributed by atoms with Crippen molar-refractivity contribution < 1.29 is 0 Å². The maximum absolute atomic E-state index is 4.23. The average Bonchev–Trinajstić information content (AvgIpc) is 2.56. The summed E-state index contributed by atoms with van der Waals surface area (Å²) >= 11 is 0. The highest BCUT2D eigenvalue weighted by atomic mass is 15.3. The first-order valence-corrected chi connectivity index (χ1v) is 4.41. The van der Waals surface area contributed by atoms with Crippen LogP contribution in [0.4, 0.5) is 0 Å². The molecule has 0 aliphatic carbocycles. The monoisotopic (exact) mass is 178 g/mol. The number of rotatable bonds is 0. The third-order valence-corrected chi connectivity index (χ3v) is 1.73. The second-order valence-corrected chi connectivity index (χ2v) is 2.55. The molecule has 70 valence electrons. The predicted molar refractivity (Wildman–Crippen MR) is 51.6 cm³/mol. The maximum atomic E-state index is 4.23. The van der Waals surface area contributed by atoms with Crippen molar-refractivity contribution in [1.82, 2.24) is 19.8 Å². The normalized spacial score (nSPS) is 9.54. The van der Waals surface area contributed by atoms with E-state index < -0.39 is 0 Å². The molecule has 0 aromatic carbocycles. The molecule has 2 aromatic heterocycles. The maximum Gasteiger partial charge on any atom is 0.177 e. The molecule has 0 fully saturated rings. The van der Waals surface area contributed by atoms with E-state index in [4.69, 9.17) is 0 Å². The molecular formula is C9H14N4. The Morgan fingerprint density at radius 2 is 1.92 bits per heavy atom. The molecule has 13 heavy (non-hydrogen) atoms. The molecule has 0 bridgehead atoms. The summed E-state index contributed by atoms with van der Waals surface area (Å²) < 4.78 is 1.67. The highest BCUT2D eigenvalue weighted by Crippen LogP contribution is 2.04. The molecule has 0 amide bonds. The minimum atomic E-state index is 0.799. The molecule has 4 heteroatoms. The van der Waals surface area contributed by atoms with Gasteiger partial charge in [0.15, 0.2) is 5.65 Å². The number of fused-ring (bicyclic) bond motifs is 1. The molecule has 2 aromatic rings. The van der Waals surface area contributed by atoms with Crippen LogP contribution in [-0.2, 0) is 0 Å². The van der Waals surface area contributed by atoms with E-state index in [1.165, 1.54) is 0 Å². The van der Waals surface area contributed by atoms with Crippen molar-refractivity contribution >= 4 is 5.65 Å². The Kier molecular flexibility index (Phi) is 2.95. The molecule has 0 spiro atoms. The molecule has 2 rings (SSSR count). The molecule has 0 unspecified atom stereocenters. The number of hydrogen-bond acceptors (Lipinski definition) is 3. The van der Waals surface area contributed by atoms with Gasteiger partial charge in [0, 0.05) is 0 Å². The summed E-state index contributed by atoms with van der Waals surface area (Å²) in [6.07, 6.45) is 1.60. The first-order chi connectivity index (χ1) is 6.27. The molecule has 0 radical (unpaired) electrons. The Bertz CT molecular complexity index is 355. The van der Waals surface area contributed by atoms with E-state index in [0.29, 0.717) is 0 Å². The Morgan fingerprint density at radius 3 is 2.62 bits per heavy atom. The minimum absolute atomic E-state index is 0.799. The van der Waals surface area contributed by atoms with E-state index in [0.717, 1.165) is 16.9 Å². The van der Waals surface area contributed by atoms with Gasteiger partial charge in [0.1, 0.15) is 6.33 Å². The number of hydrogen-bond donors (Lipinski definition) is 0. The average molecular weight is 178 g/mol. The molecule has 4 nitrogen and oxygen atoms in total. The van der Waals surface area contributed by atoms with Crippen molar-refractivity contribution in [3.8, 4) is 0 Å². The lowest BCUT2D eigenvalue weighted by Gasteiger charge is -1.97. The van der Waals surface area contributed by atoms with Crippen LogP contribution in [0.3, 0.4) is 0 Å². The fourth-order valence-corrected chi connectivity index (χ4v) is 0.949. The van der Waals surface area contributed by atoms with E-state index >= 15 is 0 Å². The van der Waals surface area contributed by atoms with E-state index in [1.54, 1.807) is 10.8 Å². The van der Waals surface area contributed by atoms with Gasteiger partial charge in [-0.15, -0.1) is 10.2 Å². The van der Waals surface area contributed by atoms with Gasteiger partial charge in [-0.25, -0.2) is 4.52 Å². The second kappa shape index (κ2) is 3.98. The molecular weight excluding hydrogens is 164 g/mol. The number of aromatic nitrogens is 4. The summed E-state index contributed by atoms with van der Waals surface area (Å²) in [4.78, 5) is 0. The quantitative estimate of drug-likeness (QED) is 0.617. The zero-order valence-electron chi connectivity index (χ0n) is 8.44. The molecule has 2 heterocycles. The van der Waals surface area contributed by atoms with Gasteiger partial charge < -0.3 is 0 Å². The van der Waals surface area contributed by atoms with Gasteiger partial charge in [0.05, 0.1) is 5.69 Å². The lowest BCUT2D eigenvalue weighted by molar-refractivity contribution is 0.883. The van der Waals surface area contributed by atoms with Crippen LogP contribution in [0.1, 0.15) is 25.1 Å². The Hall–Kier alpha value is -1.45. The van der Waals surface area contributed by atoms with Crippen LogP contribution in [0.15, 0.2) is 12.4 Å². The fourth-order valence-electron chi connectivity index (χ4n) is 0.949. The summed E-state index contributed by atoms with van der Waals surface area (Å²) in [5, 5.41) is 11.8. The van der Waals surface area contributed by atoms with E-state index in [1.807, 2.05) is 33.8 Å². The summed E-state index contributed by atoms with van der Waals surface area (Å²) in [6, 6.07) is 1.97. The van der Waals surface area contributed by atoms with Gasteiger partial charge in [-0.3, -0.25) is 0 Å². The first kappa shape index (κ1) is 9.64. The van der Waals surface area contributed by atoms with Gasteiger partial charge in [0.25, 0.3) is 0 Å². The van der Waals surface area contributed by atoms with Crippen LogP contribution >= 0.6 is 0 Å². The summed E-state index contributed by atoms with van der Waals surface area (Å²) in [5.74, 6) is 0.